The van der Waals surface area contributed by atoms with Crippen molar-refractivity contribution in [3.8, 4) is 6.07 Å². The predicted molar refractivity (Wildman–Crippen MR) is 109 cm³/mol. The van der Waals surface area contributed by atoms with Gasteiger partial charge in [0, 0.05) is 19.4 Å². The highest BCUT2D eigenvalue weighted by Crippen LogP contribution is 2.25. The Morgan fingerprint density at radius 2 is 2.00 bits per heavy atom. The Labute approximate surface area is 172 Å². The number of hydrogen-bond acceptors (Lipinski definition) is 4. The van der Waals surface area contributed by atoms with E-state index < -0.39 is 22.7 Å². The lowest BCUT2D eigenvalue weighted by molar-refractivity contribution is -0.745. The smallest absolute Gasteiger partial charge is 0.435 e. The molecule has 0 aromatic heterocycles. The molecule has 1 aromatic carbocycles. The zero-order chi connectivity index (χ0) is 21.3. The fourth-order valence-electron chi connectivity index (χ4n) is 3.58. The normalized spacial score (nSPS) is 22.7. The number of carbonyl (C=O) groups excluding carboxylic acids is 1. The molecule has 156 valence electrons. The van der Waals surface area contributed by atoms with E-state index in [1.165, 1.54) is 7.05 Å². The molecule has 0 saturated carbocycles. The number of nitriles is 1. The number of amides is 3. The van der Waals surface area contributed by atoms with Gasteiger partial charge in [0.1, 0.15) is 12.6 Å². The average Bonchev–Trinajstić information content (AvgIpc) is 2.95. The lowest BCUT2D eigenvalue weighted by Gasteiger charge is -2.20. The maximum atomic E-state index is 12.8. The first-order valence-electron chi connectivity index (χ1n) is 10.1. The molecule has 1 saturated heterocycles. The lowest BCUT2D eigenvalue weighted by atomic mass is 10.1. The minimum absolute atomic E-state index is 0.136. The highest BCUT2D eigenvalue weighted by molar-refractivity contribution is 5.81. The van der Waals surface area contributed by atoms with E-state index >= 15 is 0 Å². The Bertz CT molecular complexity index is 759. The molecule has 7 nitrogen and oxygen atoms in total. The summed E-state index contributed by atoms with van der Waals surface area (Å²) in [5.74, 6) is 0. The van der Waals surface area contributed by atoms with Crippen molar-refractivity contribution in [1.29, 1.82) is 5.26 Å². The largest absolute Gasteiger partial charge is 0.522 e. The standard InChI is InChI=1S/C22H29N3O4/c1-25(22(28)29)17-19(12-13-20(26)16-18-10-6-5-7-11-18)24(21(25)27)15-9-4-2-3-8-14-23/h5-7,10-13,19-20,26H,2-4,8-9,15-17H2,1H3/p+1/b13-12+/t19-,20?,25?/m0/s1. The SMILES string of the molecule is C[N+]1(C(=O)O)C[C@H](/C=C/C(O)Cc2ccccc2)N(CCCCCCC#N)C1=O. The van der Waals surface area contributed by atoms with Crippen LogP contribution < -0.4 is 0 Å². The van der Waals surface area contributed by atoms with Crippen LogP contribution in [0.5, 0.6) is 0 Å². The van der Waals surface area contributed by atoms with Gasteiger partial charge in [-0.3, -0.25) is 4.90 Å². The van der Waals surface area contributed by atoms with Crippen LogP contribution in [0.3, 0.4) is 0 Å². The van der Waals surface area contributed by atoms with Crippen LogP contribution in [0.15, 0.2) is 42.5 Å². The maximum Gasteiger partial charge on any atom is 0.522 e. The summed E-state index contributed by atoms with van der Waals surface area (Å²) in [5, 5.41) is 28.4. The maximum absolute atomic E-state index is 12.8. The van der Waals surface area contributed by atoms with Crippen LogP contribution in [0.2, 0.25) is 0 Å². The topological polar surface area (TPSA) is 102 Å². The van der Waals surface area contributed by atoms with Crippen LogP contribution in [-0.2, 0) is 6.42 Å². The number of nitrogens with zero attached hydrogens (tertiary/aromatic N) is 3. The van der Waals surface area contributed by atoms with Crippen molar-refractivity contribution in [3.63, 3.8) is 0 Å². The van der Waals surface area contributed by atoms with E-state index in [4.69, 9.17) is 5.26 Å². The highest BCUT2D eigenvalue weighted by atomic mass is 16.4. The number of unbranched alkanes of at least 4 members (excludes halogenated alkanes) is 4. The second-order valence-corrected chi connectivity index (χ2v) is 7.66. The molecule has 1 fully saturated rings. The first-order valence-corrected chi connectivity index (χ1v) is 10.1. The van der Waals surface area contributed by atoms with Crippen LogP contribution in [0.1, 0.15) is 37.7 Å². The molecular formula is C22H30N3O4+. The fraction of sp³-hybridized carbons (Fsp3) is 0.500. The number of hydrogen-bond donors (Lipinski definition) is 2. The van der Waals surface area contributed by atoms with Crippen LogP contribution in [0.4, 0.5) is 9.59 Å². The second kappa shape index (κ2) is 10.7. The predicted octanol–water partition coefficient (Wildman–Crippen LogP) is 3.55. The molecule has 1 aliphatic rings. The Hall–Kier alpha value is -2.69. The number of rotatable bonds is 10. The molecule has 1 aromatic rings. The van der Waals surface area contributed by atoms with Crippen molar-refractivity contribution in [2.45, 2.75) is 50.7 Å². The number of urea groups is 1. The second-order valence-electron chi connectivity index (χ2n) is 7.66. The molecule has 0 radical (unpaired) electrons. The quantitative estimate of drug-likeness (QED) is 0.355. The average molecular weight is 400 g/mol. The summed E-state index contributed by atoms with van der Waals surface area (Å²) >= 11 is 0. The van der Waals surface area contributed by atoms with E-state index in [2.05, 4.69) is 6.07 Å². The monoisotopic (exact) mass is 400 g/mol. The van der Waals surface area contributed by atoms with E-state index in [0.717, 1.165) is 31.2 Å². The van der Waals surface area contributed by atoms with Crippen molar-refractivity contribution >= 4 is 12.1 Å². The minimum atomic E-state index is -1.17. The highest BCUT2D eigenvalue weighted by Gasteiger charge is 2.53. The van der Waals surface area contributed by atoms with Gasteiger partial charge in [0.25, 0.3) is 0 Å². The molecule has 2 N–H and O–H groups in total. The van der Waals surface area contributed by atoms with Crippen molar-refractivity contribution in [1.82, 2.24) is 4.90 Å². The lowest BCUT2D eigenvalue weighted by Crippen LogP contribution is -2.51. The van der Waals surface area contributed by atoms with Gasteiger partial charge >= 0.3 is 12.1 Å². The van der Waals surface area contributed by atoms with Crippen molar-refractivity contribution in [2.75, 3.05) is 20.1 Å². The summed E-state index contributed by atoms with van der Waals surface area (Å²) < 4.78 is -0.682. The molecule has 0 spiro atoms. The molecule has 2 rings (SSSR count). The summed E-state index contributed by atoms with van der Waals surface area (Å²) in [6.45, 7) is 0.605. The molecule has 3 atom stereocenters. The summed E-state index contributed by atoms with van der Waals surface area (Å²) in [4.78, 5) is 26.0. The number of carbonyl (C=O) groups is 2. The molecule has 1 heterocycles. The summed E-state index contributed by atoms with van der Waals surface area (Å²) in [7, 11) is 1.42. The number of aliphatic hydroxyl groups excluding tert-OH is 1. The van der Waals surface area contributed by atoms with E-state index in [0.29, 0.717) is 19.4 Å². The third-order valence-corrected chi connectivity index (χ3v) is 5.32. The molecular weight excluding hydrogens is 370 g/mol. The van der Waals surface area contributed by atoms with Crippen molar-refractivity contribution < 1.29 is 24.3 Å². The minimum Gasteiger partial charge on any atom is -0.435 e. The van der Waals surface area contributed by atoms with Gasteiger partial charge in [-0.1, -0.05) is 55.3 Å². The van der Waals surface area contributed by atoms with Gasteiger partial charge < -0.3 is 10.2 Å². The zero-order valence-corrected chi connectivity index (χ0v) is 16.9. The van der Waals surface area contributed by atoms with Gasteiger partial charge in [-0.15, -0.1) is 4.48 Å². The van der Waals surface area contributed by atoms with Crippen LogP contribution >= 0.6 is 0 Å². The van der Waals surface area contributed by atoms with Crippen LogP contribution in [0, 0.1) is 11.3 Å². The molecule has 1 aliphatic heterocycles. The summed E-state index contributed by atoms with van der Waals surface area (Å²) in [5.41, 5.74) is 1.01. The van der Waals surface area contributed by atoms with E-state index in [9.17, 15) is 19.8 Å². The Kier molecular flexibility index (Phi) is 8.37. The van der Waals surface area contributed by atoms with Gasteiger partial charge in [-0.2, -0.15) is 10.1 Å². The number of aliphatic hydroxyl groups is 1. The number of imide groups is 1. The Morgan fingerprint density at radius 1 is 1.31 bits per heavy atom. The zero-order valence-electron chi connectivity index (χ0n) is 16.9. The van der Waals surface area contributed by atoms with Crippen molar-refractivity contribution in [3.05, 3.63) is 48.0 Å². The first kappa shape index (κ1) is 22.6. The van der Waals surface area contributed by atoms with E-state index in [1.54, 1.807) is 17.1 Å². The number of carboxylic acid groups (broad SMARTS) is 1. The number of quaternary nitrogens is 1. The number of benzene rings is 1. The van der Waals surface area contributed by atoms with Crippen LogP contribution in [-0.4, -0.2) is 64.0 Å². The summed E-state index contributed by atoms with van der Waals surface area (Å²) in [6, 6.07) is 10.9. The van der Waals surface area contributed by atoms with Crippen molar-refractivity contribution in [2.24, 2.45) is 0 Å². The molecule has 29 heavy (non-hydrogen) atoms. The van der Waals surface area contributed by atoms with E-state index in [-0.39, 0.29) is 12.6 Å². The van der Waals surface area contributed by atoms with Gasteiger partial charge in [0.05, 0.1) is 19.2 Å². The first-order chi connectivity index (χ1) is 13.9. The molecule has 0 aliphatic carbocycles. The molecule has 0 bridgehead atoms. The number of likely N-dealkylation sites (N-methyl/N-ethyl adjacent to an activating group) is 1. The van der Waals surface area contributed by atoms with Gasteiger partial charge in [-0.05, 0) is 18.4 Å². The Morgan fingerprint density at radius 3 is 2.66 bits per heavy atom. The van der Waals surface area contributed by atoms with Gasteiger partial charge in [0.15, 0.2) is 0 Å². The molecule has 7 heteroatoms. The van der Waals surface area contributed by atoms with E-state index in [1.807, 2.05) is 30.3 Å². The fourth-order valence-corrected chi connectivity index (χ4v) is 3.58. The summed E-state index contributed by atoms with van der Waals surface area (Å²) in [6.07, 6.45) is 5.92. The molecule has 2 unspecified atom stereocenters. The third kappa shape index (κ3) is 6.14. The molecule has 3 amide bonds. The van der Waals surface area contributed by atoms with Gasteiger partial charge in [-0.25, -0.2) is 4.79 Å². The third-order valence-electron chi connectivity index (χ3n) is 5.32. The Balaban J connectivity index is 2.00. The van der Waals surface area contributed by atoms with Gasteiger partial charge in [0.2, 0.25) is 0 Å². The van der Waals surface area contributed by atoms with Crippen LogP contribution in [0.25, 0.3) is 0 Å².